The van der Waals surface area contributed by atoms with Crippen LogP contribution in [0.15, 0.2) is 72.5 Å². The van der Waals surface area contributed by atoms with Crippen LogP contribution in [0, 0.1) is 13.8 Å². The predicted octanol–water partition coefficient (Wildman–Crippen LogP) is 5.50. The van der Waals surface area contributed by atoms with Crippen LogP contribution in [-0.4, -0.2) is 5.78 Å². The van der Waals surface area contributed by atoms with Gasteiger partial charge >= 0.3 is 0 Å². The molecule has 0 fully saturated rings. The lowest BCUT2D eigenvalue weighted by Gasteiger charge is -2.10. The molecule has 3 aromatic rings. The van der Waals surface area contributed by atoms with Gasteiger partial charge in [-0.3, -0.25) is 4.79 Å². The topological polar surface area (TPSA) is 35.5 Å². The van der Waals surface area contributed by atoms with Gasteiger partial charge in [0, 0.05) is 6.07 Å². The molecule has 0 saturated carbocycles. The summed E-state index contributed by atoms with van der Waals surface area (Å²) in [5.74, 6) is 1.46. The SMILES string of the molecule is Cc1ccc(C)c(COc2ccc3c(c2)OC(=Cc2ccccc2)C3=O)c1. The molecule has 134 valence electrons. The van der Waals surface area contributed by atoms with Gasteiger partial charge in [0.25, 0.3) is 0 Å². The summed E-state index contributed by atoms with van der Waals surface area (Å²) in [5.41, 5.74) is 5.05. The van der Waals surface area contributed by atoms with Crippen LogP contribution < -0.4 is 9.47 Å². The van der Waals surface area contributed by atoms with Gasteiger partial charge in [-0.15, -0.1) is 0 Å². The molecule has 0 amide bonds. The molecule has 1 aliphatic heterocycles. The minimum atomic E-state index is -0.102. The van der Waals surface area contributed by atoms with Crippen molar-refractivity contribution in [2.45, 2.75) is 20.5 Å². The van der Waals surface area contributed by atoms with Crippen LogP contribution >= 0.6 is 0 Å². The Hall–Kier alpha value is -3.33. The molecular weight excluding hydrogens is 336 g/mol. The molecule has 0 spiro atoms. The van der Waals surface area contributed by atoms with Crippen LogP contribution in [-0.2, 0) is 6.61 Å². The minimum absolute atomic E-state index is 0.102. The van der Waals surface area contributed by atoms with E-state index in [4.69, 9.17) is 9.47 Å². The number of carbonyl (C=O) groups excluding carboxylic acids is 1. The number of hydrogen-bond acceptors (Lipinski definition) is 3. The highest BCUT2D eigenvalue weighted by molar-refractivity contribution is 6.14. The van der Waals surface area contributed by atoms with Gasteiger partial charge in [-0.2, -0.15) is 0 Å². The highest BCUT2D eigenvalue weighted by Crippen LogP contribution is 2.35. The normalized spacial score (nSPS) is 14.1. The highest BCUT2D eigenvalue weighted by Gasteiger charge is 2.27. The Balaban J connectivity index is 1.52. The van der Waals surface area contributed by atoms with E-state index < -0.39 is 0 Å². The lowest BCUT2D eigenvalue weighted by Crippen LogP contribution is -1.99. The number of ether oxygens (including phenoxy) is 2. The van der Waals surface area contributed by atoms with Crippen LogP contribution in [0.2, 0.25) is 0 Å². The Morgan fingerprint density at radius 3 is 2.59 bits per heavy atom. The number of rotatable bonds is 4. The molecule has 4 rings (SSSR count). The van der Waals surface area contributed by atoms with E-state index in [0.717, 1.165) is 11.1 Å². The van der Waals surface area contributed by atoms with E-state index in [1.165, 1.54) is 11.1 Å². The van der Waals surface area contributed by atoms with Crippen LogP contribution in [0.4, 0.5) is 0 Å². The molecular formula is C24H20O3. The third-order valence-corrected chi connectivity index (χ3v) is 4.64. The lowest BCUT2D eigenvalue weighted by molar-refractivity contribution is 0.101. The molecule has 1 heterocycles. The molecule has 3 heteroatoms. The summed E-state index contributed by atoms with van der Waals surface area (Å²) in [6.45, 7) is 4.62. The predicted molar refractivity (Wildman–Crippen MR) is 106 cm³/mol. The molecule has 0 saturated heterocycles. The number of Topliss-reactive ketones (excluding diaryl/α,β-unsaturated/α-hetero) is 1. The summed E-state index contributed by atoms with van der Waals surface area (Å²) >= 11 is 0. The first-order valence-corrected chi connectivity index (χ1v) is 8.92. The zero-order valence-electron chi connectivity index (χ0n) is 15.4. The Morgan fingerprint density at radius 2 is 1.78 bits per heavy atom. The highest BCUT2D eigenvalue weighted by atomic mass is 16.5. The summed E-state index contributed by atoms with van der Waals surface area (Å²) in [4.78, 5) is 12.5. The molecule has 0 unspecified atom stereocenters. The second-order valence-corrected chi connectivity index (χ2v) is 6.73. The Morgan fingerprint density at radius 1 is 0.963 bits per heavy atom. The number of fused-ring (bicyclic) bond motifs is 1. The maximum atomic E-state index is 12.5. The van der Waals surface area contributed by atoms with E-state index in [9.17, 15) is 4.79 Å². The van der Waals surface area contributed by atoms with Gasteiger partial charge in [-0.1, -0.05) is 54.1 Å². The van der Waals surface area contributed by atoms with Crippen molar-refractivity contribution in [3.63, 3.8) is 0 Å². The zero-order valence-corrected chi connectivity index (χ0v) is 15.4. The van der Waals surface area contributed by atoms with Crippen molar-refractivity contribution >= 4 is 11.9 Å². The van der Waals surface area contributed by atoms with E-state index in [-0.39, 0.29) is 5.78 Å². The number of allylic oxidation sites excluding steroid dienone is 1. The van der Waals surface area contributed by atoms with Gasteiger partial charge in [-0.25, -0.2) is 0 Å². The lowest BCUT2D eigenvalue weighted by atomic mass is 10.1. The standard InChI is InChI=1S/C24H20O3/c1-16-8-9-17(2)19(12-16)15-26-20-10-11-21-22(14-20)27-23(24(21)25)13-18-6-4-3-5-7-18/h3-14H,15H2,1-2H3. The molecule has 0 aliphatic carbocycles. The maximum absolute atomic E-state index is 12.5. The number of benzene rings is 3. The van der Waals surface area contributed by atoms with Gasteiger partial charge in [0.15, 0.2) is 5.76 Å². The summed E-state index contributed by atoms with van der Waals surface area (Å²) in [5, 5.41) is 0. The fourth-order valence-electron chi connectivity index (χ4n) is 3.07. The average molecular weight is 356 g/mol. The largest absolute Gasteiger partial charge is 0.489 e. The number of hydrogen-bond donors (Lipinski definition) is 0. The maximum Gasteiger partial charge on any atom is 0.231 e. The second kappa shape index (κ2) is 7.12. The van der Waals surface area contributed by atoms with Crippen LogP contribution in [0.5, 0.6) is 11.5 Å². The van der Waals surface area contributed by atoms with Gasteiger partial charge in [0.2, 0.25) is 5.78 Å². The van der Waals surface area contributed by atoms with Crippen molar-refractivity contribution in [2.75, 3.05) is 0 Å². The summed E-state index contributed by atoms with van der Waals surface area (Å²) in [6.07, 6.45) is 1.76. The van der Waals surface area contributed by atoms with Gasteiger partial charge in [0.05, 0.1) is 5.56 Å². The molecule has 0 aromatic heterocycles. The number of ketones is 1. The first-order chi connectivity index (χ1) is 13.1. The van der Waals surface area contributed by atoms with Crippen LogP contribution in [0.25, 0.3) is 6.08 Å². The average Bonchev–Trinajstić information content (AvgIpc) is 2.98. The second-order valence-electron chi connectivity index (χ2n) is 6.73. The fraction of sp³-hybridized carbons (Fsp3) is 0.125. The van der Waals surface area contributed by atoms with E-state index >= 15 is 0 Å². The van der Waals surface area contributed by atoms with Gasteiger partial charge in [-0.05, 0) is 48.7 Å². The summed E-state index contributed by atoms with van der Waals surface area (Å²) in [6, 6.07) is 21.3. The molecule has 0 bridgehead atoms. The monoisotopic (exact) mass is 356 g/mol. The van der Waals surface area contributed by atoms with Gasteiger partial charge < -0.3 is 9.47 Å². The van der Waals surface area contributed by atoms with Crippen molar-refractivity contribution in [2.24, 2.45) is 0 Å². The smallest absolute Gasteiger partial charge is 0.231 e. The van der Waals surface area contributed by atoms with E-state index in [1.54, 1.807) is 18.2 Å². The fourth-order valence-corrected chi connectivity index (χ4v) is 3.07. The van der Waals surface area contributed by atoms with Crippen LogP contribution in [0.1, 0.15) is 32.6 Å². The van der Waals surface area contributed by atoms with Crippen molar-refractivity contribution in [1.29, 1.82) is 0 Å². The quantitative estimate of drug-likeness (QED) is 0.579. The van der Waals surface area contributed by atoms with Gasteiger partial charge in [0.1, 0.15) is 18.1 Å². The first-order valence-electron chi connectivity index (χ1n) is 8.92. The first kappa shape index (κ1) is 17.1. The summed E-state index contributed by atoms with van der Waals surface area (Å²) < 4.78 is 11.7. The molecule has 0 radical (unpaired) electrons. The van der Waals surface area contributed by atoms with Crippen molar-refractivity contribution in [3.05, 3.63) is 100 Å². The third-order valence-electron chi connectivity index (χ3n) is 4.64. The van der Waals surface area contributed by atoms with Crippen molar-refractivity contribution in [3.8, 4) is 11.5 Å². The van der Waals surface area contributed by atoms with E-state index in [1.807, 2.05) is 36.4 Å². The Labute approximate surface area is 158 Å². The molecule has 0 atom stereocenters. The molecule has 3 nitrogen and oxygen atoms in total. The van der Waals surface area contributed by atoms with E-state index in [2.05, 4.69) is 32.0 Å². The van der Waals surface area contributed by atoms with Crippen LogP contribution in [0.3, 0.4) is 0 Å². The number of aryl methyl sites for hydroxylation is 2. The number of carbonyl (C=O) groups is 1. The van der Waals surface area contributed by atoms with Crippen molar-refractivity contribution < 1.29 is 14.3 Å². The molecule has 27 heavy (non-hydrogen) atoms. The molecule has 3 aromatic carbocycles. The van der Waals surface area contributed by atoms with Crippen molar-refractivity contribution in [1.82, 2.24) is 0 Å². The molecule has 0 N–H and O–H groups in total. The molecule has 1 aliphatic rings. The zero-order chi connectivity index (χ0) is 18.8. The Bertz CT molecular complexity index is 1030. The third kappa shape index (κ3) is 3.63. The van der Waals surface area contributed by atoms with E-state index in [0.29, 0.717) is 29.4 Å². The summed E-state index contributed by atoms with van der Waals surface area (Å²) in [7, 11) is 0. The minimum Gasteiger partial charge on any atom is -0.489 e. The Kier molecular flexibility index (Phi) is 4.51.